The molecule has 0 saturated carbocycles. The first-order valence-corrected chi connectivity index (χ1v) is 10.4. The van der Waals surface area contributed by atoms with Gasteiger partial charge in [0, 0.05) is 19.6 Å². The molecule has 0 bridgehead atoms. The lowest BCUT2D eigenvalue weighted by atomic mass is 10.1. The number of nitrogens with one attached hydrogen (secondary N) is 1. The van der Waals surface area contributed by atoms with Crippen molar-refractivity contribution < 1.29 is 17.9 Å². The lowest BCUT2D eigenvalue weighted by molar-refractivity contribution is 0.0937. The van der Waals surface area contributed by atoms with Crippen molar-refractivity contribution in [2.24, 2.45) is 5.14 Å². The molecule has 0 radical (unpaired) electrons. The molecule has 26 heavy (non-hydrogen) atoms. The van der Waals surface area contributed by atoms with E-state index in [2.05, 4.69) is 17.1 Å². The molecular formula is C17H26N4O4S. The van der Waals surface area contributed by atoms with Crippen molar-refractivity contribution in [3.8, 4) is 5.75 Å². The standard InChI is InChI=1S/C17H26N4O4S/c1-3-21-6-4-5-12(21)11-19-17(22)14-9-13(26(18,23)24)10-15-16(14)25-8-7-20(15)2/h9-10,12H,3-8,11H2,1-2H3,(H,19,22)(H2,18,23,24). The molecule has 1 amide bonds. The Labute approximate surface area is 154 Å². The molecule has 2 aliphatic rings. The Morgan fingerprint density at radius 2 is 2.15 bits per heavy atom. The highest BCUT2D eigenvalue weighted by Crippen LogP contribution is 2.36. The first-order valence-electron chi connectivity index (χ1n) is 8.88. The second kappa shape index (κ2) is 7.42. The number of carbonyl (C=O) groups excluding carboxylic acids is 1. The maximum Gasteiger partial charge on any atom is 0.255 e. The summed E-state index contributed by atoms with van der Waals surface area (Å²) in [5, 5.41) is 8.22. The SMILES string of the molecule is CCN1CCCC1CNC(=O)c1cc(S(N)(=O)=O)cc2c1OCCN2C. The van der Waals surface area contributed by atoms with E-state index in [0.29, 0.717) is 37.2 Å². The number of rotatable bonds is 5. The molecule has 8 nitrogen and oxygen atoms in total. The first kappa shape index (κ1) is 18.9. The number of hydrogen-bond acceptors (Lipinski definition) is 6. The van der Waals surface area contributed by atoms with Crippen LogP contribution in [0.3, 0.4) is 0 Å². The number of fused-ring (bicyclic) bond motifs is 1. The van der Waals surface area contributed by atoms with Crippen LogP contribution in [0.2, 0.25) is 0 Å². The Bertz CT molecular complexity index is 796. The second-order valence-electron chi connectivity index (χ2n) is 6.77. The zero-order valence-corrected chi connectivity index (χ0v) is 16.0. The summed E-state index contributed by atoms with van der Waals surface area (Å²) in [7, 11) is -2.10. The van der Waals surface area contributed by atoms with E-state index in [0.717, 1.165) is 25.9 Å². The molecule has 3 rings (SSSR count). The van der Waals surface area contributed by atoms with E-state index in [9.17, 15) is 13.2 Å². The number of amides is 1. The first-order chi connectivity index (χ1) is 12.3. The van der Waals surface area contributed by atoms with Gasteiger partial charge >= 0.3 is 0 Å². The molecule has 0 aromatic heterocycles. The van der Waals surface area contributed by atoms with Gasteiger partial charge < -0.3 is 15.0 Å². The van der Waals surface area contributed by atoms with Gasteiger partial charge in [0.25, 0.3) is 5.91 Å². The number of primary sulfonamides is 1. The van der Waals surface area contributed by atoms with Gasteiger partial charge in [0.1, 0.15) is 6.61 Å². The Morgan fingerprint density at radius 3 is 2.85 bits per heavy atom. The van der Waals surface area contributed by atoms with Crippen LogP contribution in [-0.4, -0.2) is 65.1 Å². The number of ether oxygens (including phenoxy) is 1. The summed E-state index contributed by atoms with van der Waals surface area (Å²) in [6.45, 7) is 5.67. The number of benzene rings is 1. The van der Waals surface area contributed by atoms with Gasteiger partial charge in [0.2, 0.25) is 10.0 Å². The van der Waals surface area contributed by atoms with E-state index in [-0.39, 0.29) is 16.4 Å². The van der Waals surface area contributed by atoms with Crippen LogP contribution < -0.4 is 20.1 Å². The molecule has 1 atom stereocenters. The van der Waals surface area contributed by atoms with Crippen molar-refractivity contribution in [3.63, 3.8) is 0 Å². The molecule has 0 spiro atoms. The van der Waals surface area contributed by atoms with E-state index in [1.165, 1.54) is 12.1 Å². The van der Waals surface area contributed by atoms with Crippen LogP contribution in [0.15, 0.2) is 17.0 Å². The second-order valence-corrected chi connectivity index (χ2v) is 8.33. The molecule has 1 aromatic rings. The van der Waals surface area contributed by atoms with Crippen molar-refractivity contribution >= 4 is 21.6 Å². The van der Waals surface area contributed by atoms with Crippen LogP contribution >= 0.6 is 0 Å². The topological polar surface area (TPSA) is 105 Å². The summed E-state index contributed by atoms with van der Waals surface area (Å²) in [4.78, 5) is 16.9. The minimum absolute atomic E-state index is 0.0881. The van der Waals surface area contributed by atoms with Crippen LogP contribution in [0.5, 0.6) is 5.75 Å². The summed E-state index contributed by atoms with van der Waals surface area (Å²) >= 11 is 0. The Kier molecular flexibility index (Phi) is 5.40. The van der Waals surface area contributed by atoms with Crippen molar-refractivity contribution in [2.45, 2.75) is 30.7 Å². The third kappa shape index (κ3) is 3.79. The number of nitrogens with two attached hydrogens (primary N) is 1. The molecule has 0 aliphatic carbocycles. The van der Waals surface area contributed by atoms with Gasteiger partial charge in [-0.15, -0.1) is 0 Å². The van der Waals surface area contributed by atoms with Gasteiger partial charge in [-0.1, -0.05) is 6.92 Å². The number of hydrogen-bond donors (Lipinski definition) is 2. The highest BCUT2D eigenvalue weighted by Gasteiger charge is 2.28. The zero-order valence-electron chi connectivity index (χ0n) is 15.2. The Hall–Kier alpha value is -1.84. The van der Waals surface area contributed by atoms with E-state index in [4.69, 9.17) is 9.88 Å². The molecule has 1 fully saturated rings. The monoisotopic (exact) mass is 382 g/mol. The maximum atomic E-state index is 12.8. The summed E-state index contributed by atoms with van der Waals surface area (Å²) in [6, 6.07) is 3.07. The van der Waals surface area contributed by atoms with Gasteiger partial charge in [0.15, 0.2) is 5.75 Å². The van der Waals surface area contributed by atoms with Crippen molar-refractivity contribution in [1.29, 1.82) is 0 Å². The summed E-state index contributed by atoms with van der Waals surface area (Å²) in [5.74, 6) is 0.0624. The van der Waals surface area contributed by atoms with Crippen LogP contribution in [0.1, 0.15) is 30.1 Å². The van der Waals surface area contributed by atoms with Crippen LogP contribution in [-0.2, 0) is 10.0 Å². The number of sulfonamides is 1. The number of likely N-dealkylation sites (tertiary alicyclic amines) is 1. The number of anilines is 1. The Morgan fingerprint density at radius 1 is 1.38 bits per heavy atom. The number of likely N-dealkylation sites (N-methyl/N-ethyl adjacent to an activating group) is 2. The lowest BCUT2D eigenvalue weighted by Gasteiger charge is -2.29. The van der Waals surface area contributed by atoms with Crippen molar-refractivity contribution in [2.75, 3.05) is 44.7 Å². The molecular weight excluding hydrogens is 356 g/mol. The summed E-state index contributed by atoms with van der Waals surface area (Å²) < 4.78 is 29.3. The molecule has 2 heterocycles. The minimum Gasteiger partial charge on any atom is -0.489 e. The fourth-order valence-corrected chi connectivity index (χ4v) is 4.17. The van der Waals surface area contributed by atoms with Gasteiger partial charge in [-0.2, -0.15) is 0 Å². The average Bonchev–Trinajstić information content (AvgIpc) is 3.06. The lowest BCUT2D eigenvalue weighted by Crippen LogP contribution is -2.40. The van der Waals surface area contributed by atoms with Crippen LogP contribution in [0.4, 0.5) is 5.69 Å². The summed E-state index contributed by atoms with van der Waals surface area (Å²) in [6.07, 6.45) is 2.17. The molecule has 9 heteroatoms. The average molecular weight is 382 g/mol. The van der Waals surface area contributed by atoms with E-state index in [1.54, 1.807) is 0 Å². The van der Waals surface area contributed by atoms with Gasteiger partial charge in [0.05, 0.1) is 22.7 Å². The molecule has 1 aromatic carbocycles. The predicted octanol–water partition coefficient (Wildman–Crippen LogP) is 0.377. The predicted molar refractivity (Wildman–Crippen MR) is 99.2 cm³/mol. The minimum atomic E-state index is -3.93. The quantitative estimate of drug-likeness (QED) is 0.763. The van der Waals surface area contributed by atoms with Gasteiger partial charge in [-0.05, 0) is 38.1 Å². The molecule has 3 N–H and O–H groups in total. The fourth-order valence-electron chi connectivity index (χ4n) is 3.61. The number of carbonyl (C=O) groups is 1. The van der Waals surface area contributed by atoms with Crippen molar-refractivity contribution in [1.82, 2.24) is 10.2 Å². The van der Waals surface area contributed by atoms with Gasteiger partial charge in [-0.3, -0.25) is 9.69 Å². The van der Waals surface area contributed by atoms with Gasteiger partial charge in [-0.25, -0.2) is 13.6 Å². The zero-order chi connectivity index (χ0) is 18.9. The normalized spacial score (nSPS) is 20.6. The highest BCUT2D eigenvalue weighted by atomic mass is 32.2. The number of nitrogens with zero attached hydrogens (tertiary/aromatic N) is 2. The molecule has 2 aliphatic heterocycles. The largest absolute Gasteiger partial charge is 0.489 e. The molecule has 1 unspecified atom stereocenters. The third-order valence-electron chi connectivity index (χ3n) is 5.10. The van der Waals surface area contributed by atoms with Crippen LogP contribution in [0, 0.1) is 0 Å². The van der Waals surface area contributed by atoms with E-state index < -0.39 is 10.0 Å². The maximum absolute atomic E-state index is 12.8. The summed E-state index contributed by atoms with van der Waals surface area (Å²) in [5.41, 5.74) is 0.767. The smallest absolute Gasteiger partial charge is 0.255 e. The van der Waals surface area contributed by atoms with Crippen LogP contribution in [0.25, 0.3) is 0 Å². The fraction of sp³-hybridized carbons (Fsp3) is 0.588. The van der Waals surface area contributed by atoms with E-state index >= 15 is 0 Å². The Balaban J connectivity index is 1.88. The molecule has 144 valence electrons. The highest BCUT2D eigenvalue weighted by molar-refractivity contribution is 7.89. The van der Waals surface area contributed by atoms with Crippen molar-refractivity contribution in [3.05, 3.63) is 17.7 Å². The third-order valence-corrected chi connectivity index (χ3v) is 6.00. The van der Waals surface area contributed by atoms with E-state index in [1.807, 2.05) is 11.9 Å². The molecule has 1 saturated heterocycles.